The van der Waals surface area contributed by atoms with Gasteiger partial charge in [-0.05, 0) is 31.9 Å². The van der Waals surface area contributed by atoms with Crippen LogP contribution in [0.2, 0.25) is 0 Å². The first-order chi connectivity index (χ1) is 18.1. The summed E-state index contributed by atoms with van der Waals surface area (Å²) >= 11 is 0. The zero-order chi connectivity index (χ0) is 27.3. The average molecular weight is 532 g/mol. The molecular formula is C25H28F3N7O3. The summed E-state index contributed by atoms with van der Waals surface area (Å²) in [7, 11) is 0. The fourth-order valence-electron chi connectivity index (χ4n) is 3.95. The summed E-state index contributed by atoms with van der Waals surface area (Å²) < 4.78 is 47.4. The summed E-state index contributed by atoms with van der Waals surface area (Å²) in [6.45, 7) is 3.42. The van der Waals surface area contributed by atoms with Gasteiger partial charge in [0, 0.05) is 37.1 Å². The van der Waals surface area contributed by atoms with Crippen LogP contribution < -0.4 is 10.1 Å². The molecule has 4 rings (SSSR count). The highest BCUT2D eigenvalue weighted by atomic mass is 19.3. The van der Waals surface area contributed by atoms with Gasteiger partial charge < -0.3 is 10.1 Å². The van der Waals surface area contributed by atoms with Gasteiger partial charge in [-0.15, -0.1) is 10.2 Å². The number of ketones is 1. The Morgan fingerprint density at radius 1 is 1.18 bits per heavy atom. The monoisotopic (exact) mass is 531 g/mol. The summed E-state index contributed by atoms with van der Waals surface area (Å²) in [5.41, 5.74) is 1.80. The molecule has 1 saturated carbocycles. The second kappa shape index (κ2) is 11.7. The van der Waals surface area contributed by atoms with Gasteiger partial charge in [0.25, 0.3) is 5.92 Å². The standard InChI is InChI=1S/C25H28F3N7O3/c1-3-22(36)21-14-35(34-32-21)13-16(26)4-5-17-6-7-23(33-31-17)30-24(37)10-18-9-19(8-15(2)29-18)38-20-11-25(27,28)12-20/h6-9,14,16,20H,3-5,10-13H2,1-2H3,(H,30,33,37)/t16-/m1/s1. The zero-order valence-corrected chi connectivity index (χ0v) is 21.0. The lowest BCUT2D eigenvalue weighted by atomic mass is 9.91. The normalized spacial score (nSPS) is 15.5. The van der Waals surface area contributed by atoms with Crippen molar-refractivity contribution < 1.29 is 27.5 Å². The van der Waals surface area contributed by atoms with E-state index in [-0.39, 0.29) is 55.4 Å². The number of nitrogens with one attached hydrogen (secondary N) is 1. The van der Waals surface area contributed by atoms with Crippen molar-refractivity contribution >= 4 is 17.5 Å². The maximum atomic E-state index is 14.4. The number of Topliss-reactive ketones (excluding diaryl/α,β-unsaturated/α-hetero) is 1. The van der Waals surface area contributed by atoms with Crippen LogP contribution in [0.3, 0.4) is 0 Å². The topological polar surface area (TPSA) is 125 Å². The van der Waals surface area contributed by atoms with E-state index < -0.39 is 18.2 Å². The minimum absolute atomic E-state index is 0.0293. The fourth-order valence-corrected chi connectivity index (χ4v) is 3.95. The maximum absolute atomic E-state index is 14.4. The number of anilines is 1. The summed E-state index contributed by atoms with van der Waals surface area (Å²) in [6.07, 6.45) is -0.271. The Balaban J connectivity index is 1.23. The molecule has 3 heterocycles. The fraction of sp³-hybridized carbons (Fsp3) is 0.480. The van der Waals surface area contributed by atoms with Crippen LogP contribution in [0.25, 0.3) is 0 Å². The van der Waals surface area contributed by atoms with Crippen molar-refractivity contribution in [2.45, 2.75) is 77.1 Å². The molecule has 1 aliphatic carbocycles. The number of amides is 1. The third-order valence-corrected chi connectivity index (χ3v) is 5.91. The molecule has 0 spiro atoms. The van der Waals surface area contributed by atoms with E-state index in [0.29, 0.717) is 35.7 Å². The number of pyridine rings is 1. The van der Waals surface area contributed by atoms with Gasteiger partial charge in [-0.2, -0.15) is 5.10 Å². The van der Waals surface area contributed by atoms with Gasteiger partial charge in [0.1, 0.15) is 23.7 Å². The van der Waals surface area contributed by atoms with Gasteiger partial charge in [0.15, 0.2) is 11.6 Å². The Bertz CT molecular complexity index is 1280. The predicted molar refractivity (Wildman–Crippen MR) is 130 cm³/mol. The molecule has 1 aliphatic rings. The van der Waals surface area contributed by atoms with Crippen molar-refractivity contribution in [3.63, 3.8) is 0 Å². The lowest BCUT2D eigenvalue weighted by Gasteiger charge is -2.34. The lowest BCUT2D eigenvalue weighted by molar-refractivity contribution is -0.134. The third-order valence-electron chi connectivity index (χ3n) is 5.91. The maximum Gasteiger partial charge on any atom is 0.255 e. The highest BCUT2D eigenvalue weighted by Crippen LogP contribution is 2.39. The average Bonchev–Trinajstić information content (AvgIpc) is 3.30. The van der Waals surface area contributed by atoms with Crippen LogP contribution >= 0.6 is 0 Å². The first-order valence-corrected chi connectivity index (χ1v) is 12.3. The number of rotatable bonds is 12. The van der Waals surface area contributed by atoms with E-state index >= 15 is 0 Å². The van der Waals surface area contributed by atoms with Crippen molar-refractivity contribution in [3.8, 4) is 5.75 Å². The number of carbonyl (C=O) groups excluding carboxylic acids is 2. The number of halogens is 3. The Hall–Kier alpha value is -3.90. The molecule has 0 unspecified atom stereocenters. The number of hydrogen-bond donors (Lipinski definition) is 1. The Morgan fingerprint density at radius 3 is 2.66 bits per heavy atom. The van der Waals surface area contributed by atoms with Crippen LogP contribution in [-0.4, -0.2) is 60.1 Å². The van der Waals surface area contributed by atoms with Crippen molar-refractivity contribution in [2.75, 3.05) is 5.32 Å². The summed E-state index contributed by atoms with van der Waals surface area (Å²) in [6, 6.07) is 6.42. The first kappa shape index (κ1) is 27.1. The minimum atomic E-state index is -2.68. The highest BCUT2D eigenvalue weighted by molar-refractivity contribution is 5.93. The molecule has 1 fully saturated rings. The summed E-state index contributed by atoms with van der Waals surface area (Å²) in [5.74, 6) is -2.59. The smallest absolute Gasteiger partial charge is 0.255 e. The van der Waals surface area contributed by atoms with Crippen LogP contribution in [0.4, 0.5) is 19.0 Å². The molecule has 3 aromatic heterocycles. The lowest BCUT2D eigenvalue weighted by Crippen LogP contribution is -2.43. The molecule has 202 valence electrons. The van der Waals surface area contributed by atoms with Gasteiger partial charge in [-0.3, -0.25) is 14.6 Å². The Labute approximate surface area is 217 Å². The summed E-state index contributed by atoms with van der Waals surface area (Å²) in [4.78, 5) is 28.4. The minimum Gasteiger partial charge on any atom is -0.490 e. The number of ether oxygens (including phenoxy) is 1. The van der Waals surface area contributed by atoms with Crippen LogP contribution in [-0.2, 0) is 24.2 Å². The van der Waals surface area contributed by atoms with Gasteiger partial charge in [-0.1, -0.05) is 12.1 Å². The van der Waals surface area contributed by atoms with E-state index in [0.717, 1.165) is 0 Å². The number of carbonyl (C=O) groups is 2. The van der Waals surface area contributed by atoms with Crippen LogP contribution in [0.5, 0.6) is 5.75 Å². The van der Waals surface area contributed by atoms with E-state index in [9.17, 15) is 22.8 Å². The molecule has 3 aromatic rings. The van der Waals surface area contributed by atoms with E-state index in [1.165, 1.54) is 10.9 Å². The second-order valence-corrected chi connectivity index (χ2v) is 9.31. The molecular weight excluding hydrogens is 503 g/mol. The zero-order valence-electron chi connectivity index (χ0n) is 21.0. The van der Waals surface area contributed by atoms with Gasteiger partial charge in [-0.25, -0.2) is 17.9 Å². The van der Waals surface area contributed by atoms with Crippen LogP contribution in [0.1, 0.15) is 60.2 Å². The molecule has 0 aliphatic heterocycles. The van der Waals surface area contributed by atoms with E-state index in [4.69, 9.17) is 4.74 Å². The first-order valence-electron chi connectivity index (χ1n) is 12.3. The number of nitrogens with zero attached hydrogens (tertiary/aromatic N) is 6. The van der Waals surface area contributed by atoms with E-state index in [1.54, 1.807) is 38.1 Å². The molecule has 38 heavy (non-hydrogen) atoms. The SMILES string of the molecule is CCC(=O)c1cn(C[C@H](F)CCc2ccc(NC(=O)Cc3cc(OC4CC(F)(F)C4)cc(C)n3)nn2)nn1. The Morgan fingerprint density at radius 2 is 1.97 bits per heavy atom. The quantitative estimate of drug-likeness (QED) is 0.351. The Kier molecular flexibility index (Phi) is 8.32. The molecule has 0 saturated heterocycles. The van der Waals surface area contributed by atoms with Gasteiger partial charge in [0.2, 0.25) is 5.91 Å². The third kappa shape index (κ3) is 7.56. The molecule has 10 nitrogen and oxygen atoms in total. The van der Waals surface area contributed by atoms with E-state index in [2.05, 4.69) is 30.8 Å². The number of hydrogen-bond acceptors (Lipinski definition) is 8. The molecule has 0 bridgehead atoms. The number of alkyl halides is 3. The molecule has 1 amide bonds. The highest BCUT2D eigenvalue weighted by Gasteiger charge is 2.47. The molecule has 1 atom stereocenters. The van der Waals surface area contributed by atoms with Crippen molar-refractivity contribution in [3.05, 3.63) is 53.2 Å². The predicted octanol–water partition coefficient (Wildman–Crippen LogP) is 3.69. The van der Waals surface area contributed by atoms with Gasteiger partial charge in [0.05, 0.1) is 30.6 Å². The van der Waals surface area contributed by atoms with Crippen LogP contribution in [0.15, 0.2) is 30.5 Å². The second-order valence-electron chi connectivity index (χ2n) is 9.31. The van der Waals surface area contributed by atoms with Crippen molar-refractivity contribution in [1.29, 1.82) is 0 Å². The molecule has 13 heteroatoms. The molecule has 1 N–H and O–H groups in total. The van der Waals surface area contributed by atoms with Crippen molar-refractivity contribution in [1.82, 2.24) is 30.2 Å². The molecule has 0 radical (unpaired) electrons. The summed E-state index contributed by atoms with van der Waals surface area (Å²) in [5, 5.41) is 18.2. The number of aryl methyl sites for hydroxylation is 2. The van der Waals surface area contributed by atoms with Gasteiger partial charge >= 0.3 is 0 Å². The van der Waals surface area contributed by atoms with Crippen LogP contribution in [0, 0.1) is 6.92 Å². The molecule has 0 aromatic carbocycles. The number of aromatic nitrogens is 6. The largest absolute Gasteiger partial charge is 0.490 e. The van der Waals surface area contributed by atoms with E-state index in [1.807, 2.05) is 0 Å². The van der Waals surface area contributed by atoms with Crippen molar-refractivity contribution in [2.24, 2.45) is 0 Å².